The Balaban J connectivity index is 1.48. The molecule has 0 aromatic heterocycles. The van der Waals surface area contributed by atoms with Crippen LogP contribution < -0.4 is 9.47 Å². The molecule has 5 heteroatoms. The number of carbonyl (C=O) groups is 2. The summed E-state index contributed by atoms with van der Waals surface area (Å²) in [4.78, 5) is 24.4. The molecule has 32 heavy (non-hydrogen) atoms. The summed E-state index contributed by atoms with van der Waals surface area (Å²) in [6, 6.07) is 20.5. The molecule has 0 saturated heterocycles. The molecular weight excluding hydrogens is 404 g/mol. The third-order valence-corrected chi connectivity index (χ3v) is 5.52. The Morgan fingerprint density at radius 2 is 1.72 bits per heavy atom. The molecule has 4 rings (SSSR count). The lowest BCUT2D eigenvalue weighted by Crippen LogP contribution is -2.13. The average Bonchev–Trinajstić information content (AvgIpc) is 2.84. The minimum atomic E-state index is -0.371. The van der Waals surface area contributed by atoms with Gasteiger partial charge in [-0.1, -0.05) is 42.5 Å². The van der Waals surface area contributed by atoms with Crippen LogP contribution >= 0.6 is 0 Å². The van der Waals surface area contributed by atoms with Crippen molar-refractivity contribution in [3.8, 4) is 11.5 Å². The standard InChI is InChI=1S/C27H24O5/c1-30-25-16-19(15-22-13-12-20-5-3-4-6-23(20)26(22)28)9-14-24(25)32-17-18-7-10-21(11-8-18)27(29)31-2/h3-11,14-16H,12-13,17H2,1-2H3. The monoisotopic (exact) mass is 428 g/mol. The molecule has 1 aliphatic carbocycles. The van der Waals surface area contributed by atoms with E-state index in [2.05, 4.69) is 0 Å². The van der Waals surface area contributed by atoms with E-state index in [4.69, 9.17) is 14.2 Å². The van der Waals surface area contributed by atoms with Crippen molar-refractivity contribution in [1.82, 2.24) is 0 Å². The number of esters is 1. The predicted octanol–water partition coefficient (Wildman–Crippen LogP) is 5.27. The third-order valence-electron chi connectivity index (χ3n) is 5.52. The first-order valence-electron chi connectivity index (χ1n) is 10.4. The van der Waals surface area contributed by atoms with Gasteiger partial charge in [0.25, 0.3) is 0 Å². The van der Waals surface area contributed by atoms with Gasteiger partial charge in [0.2, 0.25) is 0 Å². The van der Waals surface area contributed by atoms with Crippen LogP contribution in [0.5, 0.6) is 11.5 Å². The van der Waals surface area contributed by atoms with E-state index in [9.17, 15) is 9.59 Å². The van der Waals surface area contributed by atoms with Crippen molar-refractivity contribution in [2.24, 2.45) is 0 Å². The van der Waals surface area contributed by atoms with Crippen LogP contribution in [0.3, 0.4) is 0 Å². The molecule has 0 spiro atoms. The molecule has 0 saturated carbocycles. The van der Waals surface area contributed by atoms with Gasteiger partial charge in [0.05, 0.1) is 19.8 Å². The highest BCUT2D eigenvalue weighted by molar-refractivity contribution is 6.13. The van der Waals surface area contributed by atoms with Crippen molar-refractivity contribution < 1.29 is 23.8 Å². The first kappa shape index (κ1) is 21.4. The average molecular weight is 428 g/mol. The molecule has 0 fully saturated rings. The van der Waals surface area contributed by atoms with Gasteiger partial charge in [-0.3, -0.25) is 4.79 Å². The number of Topliss-reactive ketones (excluding diaryl/α,β-unsaturated/α-hetero) is 1. The van der Waals surface area contributed by atoms with Gasteiger partial charge in [-0.25, -0.2) is 4.79 Å². The molecular formula is C27H24O5. The largest absolute Gasteiger partial charge is 0.493 e. The first-order valence-corrected chi connectivity index (χ1v) is 10.4. The van der Waals surface area contributed by atoms with E-state index in [1.165, 1.54) is 7.11 Å². The van der Waals surface area contributed by atoms with Crippen molar-refractivity contribution in [3.63, 3.8) is 0 Å². The molecule has 0 radical (unpaired) electrons. The SMILES string of the molecule is COC(=O)c1ccc(COc2ccc(C=C3CCc4ccccc4C3=O)cc2OC)cc1. The zero-order chi connectivity index (χ0) is 22.5. The van der Waals surface area contributed by atoms with Crippen LogP contribution in [0.2, 0.25) is 0 Å². The summed E-state index contributed by atoms with van der Waals surface area (Å²) >= 11 is 0. The molecule has 0 N–H and O–H groups in total. The van der Waals surface area contributed by atoms with Crippen molar-refractivity contribution in [3.05, 3.63) is 100 Å². The number of hydrogen-bond donors (Lipinski definition) is 0. The van der Waals surface area contributed by atoms with E-state index in [1.807, 2.05) is 60.7 Å². The normalized spacial score (nSPS) is 14.1. The van der Waals surface area contributed by atoms with Crippen LogP contribution in [-0.2, 0) is 17.8 Å². The van der Waals surface area contributed by atoms with Crippen LogP contribution in [0.4, 0.5) is 0 Å². The molecule has 0 heterocycles. The Morgan fingerprint density at radius 3 is 2.47 bits per heavy atom. The summed E-state index contributed by atoms with van der Waals surface area (Å²) in [7, 11) is 2.95. The number of fused-ring (bicyclic) bond motifs is 1. The molecule has 3 aromatic rings. The molecule has 0 aliphatic heterocycles. The number of rotatable bonds is 6. The molecule has 5 nitrogen and oxygen atoms in total. The van der Waals surface area contributed by atoms with E-state index in [0.717, 1.165) is 40.7 Å². The summed E-state index contributed by atoms with van der Waals surface area (Å²) in [5.74, 6) is 0.909. The summed E-state index contributed by atoms with van der Waals surface area (Å²) in [5, 5.41) is 0. The van der Waals surface area contributed by atoms with Crippen molar-refractivity contribution in [2.45, 2.75) is 19.4 Å². The Labute approximate surface area is 187 Å². The fourth-order valence-electron chi connectivity index (χ4n) is 3.76. The molecule has 0 atom stereocenters. The minimum absolute atomic E-state index is 0.0848. The van der Waals surface area contributed by atoms with Gasteiger partial charge < -0.3 is 14.2 Å². The summed E-state index contributed by atoms with van der Waals surface area (Å²) in [6.45, 7) is 0.327. The second kappa shape index (κ2) is 9.52. The summed E-state index contributed by atoms with van der Waals surface area (Å²) in [6.07, 6.45) is 3.51. The number of methoxy groups -OCH3 is 2. The smallest absolute Gasteiger partial charge is 0.337 e. The van der Waals surface area contributed by atoms with Crippen LogP contribution in [0.1, 0.15) is 43.8 Å². The maximum atomic E-state index is 12.8. The van der Waals surface area contributed by atoms with Crippen LogP contribution in [0, 0.1) is 0 Å². The van der Waals surface area contributed by atoms with Crippen molar-refractivity contribution in [1.29, 1.82) is 0 Å². The molecule has 162 valence electrons. The van der Waals surface area contributed by atoms with E-state index in [-0.39, 0.29) is 11.8 Å². The number of carbonyl (C=O) groups excluding carboxylic acids is 2. The number of hydrogen-bond acceptors (Lipinski definition) is 5. The molecule has 0 amide bonds. The number of benzene rings is 3. The molecule has 3 aromatic carbocycles. The fraction of sp³-hybridized carbons (Fsp3) is 0.185. The minimum Gasteiger partial charge on any atom is -0.493 e. The quantitative estimate of drug-likeness (QED) is 0.395. The van der Waals surface area contributed by atoms with Gasteiger partial charge in [0.15, 0.2) is 17.3 Å². The highest BCUT2D eigenvalue weighted by Crippen LogP contribution is 2.32. The lowest BCUT2D eigenvalue weighted by atomic mass is 9.86. The Morgan fingerprint density at radius 1 is 0.938 bits per heavy atom. The van der Waals surface area contributed by atoms with E-state index < -0.39 is 0 Å². The second-order valence-electron chi connectivity index (χ2n) is 7.54. The Bertz CT molecular complexity index is 1170. The topological polar surface area (TPSA) is 61.8 Å². The fourth-order valence-corrected chi connectivity index (χ4v) is 3.76. The van der Waals surface area contributed by atoms with Gasteiger partial charge in [-0.15, -0.1) is 0 Å². The van der Waals surface area contributed by atoms with E-state index in [0.29, 0.717) is 23.7 Å². The zero-order valence-electron chi connectivity index (χ0n) is 18.1. The molecule has 0 unspecified atom stereocenters. The maximum absolute atomic E-state index is 12.8. The number of ether oxygens (including phenoxy) is 3. The van der Waals surface area contributed by atoms with Gasteiger partial charge >= 0.3 is 5.97 Å². The maximum Gasteiger partial charge on any atom is 0.337 e. The van der Waals surface area contributed by atoms with Crippen molar-refractivity contribution >= 4 is 17.8 Å². The van der Waals surface area contributed by atoms with Crippen molar-refractivity contribution in [2.75, 3.05) is 14.2 Å². The number of allylic oxidation sites excluding steroid dienone is 1. The Hall–Kier alpha value is -3.86. The van der Waals surface area contributed by atoms with E-state index >= 15 is 0 Å². The zero-order valence-corrected chi connectivity index (χ0v) is 18.1. The van der Waals surface area contributed by atoms with Gasteiger partial charge in [0.1, 0.15) is 6.61 Å². The summed E-state index contributed by atoms with van der Waals surface area (Å²) in [5.41, 5.74) is 4.98. The number of aryl methyl sites for hydroxylation is 1. The molecule has 1 aliphatic rings. The second-order valence-corrected chi connectivity index (χ2v) is 7.54. The highest BCUT2D eigenvalue weighted by atomic mass is 16.5. The van der Waals surface area contributed by atoms with Crippen LogP contribution in [0.15, 0.2) is 72.3 Å². The lowest BCUT2D eigenvalue weighted by molar-refractivity contribution is 0.0600. The first-order chi connectivity index (χ1) is 15.6. The third kappa shape index (κ3) is 4.57. The van der Waals surface area contributed by atoms with Gasteiger partial charge in [0, 0.05) is 11.1 Å². The summed E-state index contributed by atoms with van der Waals surface area (Å²) < 4.78 is 16.1. The van der Waals surface area contributed by atoms with E-state index in [1.54, 1.807) is 19.2 Å². The predicted molar refractivity (Wildman–Crippen MR) is 122 cm³/mol. The molecule has 0 bridgehead atoms. The lowest BCUT2D eigenvalue weighted by Gasteiger charge is -2.17. The van der Waals surface area contributed by atoms with Crippen LogP contribution in [-0.4, -0.2) is 26.0 Å². The number of ketones is 1. The highest BCUT2D eigenvalue weighted by Gasteiger charge is 2.21. The van der Waals surface area contributed by atoms with Gasteiger partial charge in [-0.2, -0.15) is 0 Å². The van der Waals surface area contributed by atoms with Gasteiger partial charge in [-0.05, 0) is 59.9 Å². The van der Waals surface area contributed by atoms with Crippen LogP contribution in [0.25, 0.3) is 6.08 Å². The Kier molecular flexibility index (Phi) is 6.36.